The van der Waals surface area contributed by atoms with Crippen LogP contribution in [0.5, 0.6) is 0 Å². The quantitative estimate of drug-likeness (QED) is 0.587. The number of pyridine rings is 1. The van der Waals surface area contributed by atoms with Gasteiger partial charge in [0.25, 0.3) is 0 Å². The second-order valence-electron chi connectivity index (χ2n) is 3.73. The molecule has 0 saturated carbocycles. The van der Waals surface area contributed by atoms with E-state index in [2.05, 4.69) is 4.98 Å². The molecule has 0 N–H and O–H groups in total. The van der Waals surface area contributed by atoms with Gasteiger partial charge in [-0.15, -0.1) is 0 Å². The molecule has 6 heteroatoms. The van der Waals surface area contributed by atoms with Crippen molar-refractivity contribution in [3.8, 4) is 0 Å². The second-order valence-corrected chi connectivity index (χ2v) is 4.89. The minimum Gasteiger partial charge on any atom is -0.288 e. The zero-order chi connectivity index (χ0) is 14.0. The summed E-state index contributed by atoms with van der Waals surface area (Å²) < 4.78 is 39.1. The van der Waals surface area contributed by atoms with Crippen LogP contribution in [-0.2, 0) is 6.18 Å². The van der Waals surface area contributed by atoms with Gasteiger partial charge in [0.15, 0.2) is 5.78 Å². The molecule has 0 unspecified atom stereocenters. The number of benzene rings is 1. The number of nitrogens with zero attached hydrogens (tertiary/aromatic N) is 1. The van der Waals surface area contributed by atoms with Crippen LogP contribution in [0, 0.1) is 3.57 Å². The average Bonchev–Trinajstić information content (AvgIpc) is 2.37. The van der Waals surface area contributed by atoms with Crippen molar-refractivity contribution in [1.29, 1.82) is 0 Å². The van der Waals surface area contributed by atoms with Crippen molar-refractivity contribution in [2.45, 2.75) is 6.18 Å². The highest BCUT2D eigenvalue weighted by Crippen LogP contribution is 2.32. The normalized spacial score (nSPS) is 11.4. The molecule has 0 aliphatic carbocycles. The maximum atomic E-state index is 12.8. The molecule has 0 amide bonds. The summed E-state index contributed by atoms with van der Waals surface area (Å²) in [5, 5.41) is 0. The molecular weight excluding hydrogens is 370 g/mol. The molecule has 2 aromatic rings. The van der Waals surface area contributed by atoms with Crippen molar-refractivity contribution in [1.82, 2.24) is 4.98 Å². The van der Waals surface area contributed by atoms with Crippen LogP contribution in [0.15, 0.2) is 42.7 Å². The Labute approximate surface area is 120 Å². The Morgan fingerprint density at radius 3 is 2.42 bits per heavy atom. The van der Waals surface area contributed by atoms with E-state index < -0.39 is 23.1 Å². The lowest BCUT2D eigenvalue weighted by Gasteiger charge is -2.11. The highest BCUT2D eigenvalue weighted by atomic mass is 127. The molecule has 98 valence electrons. The Kier molecular flexibility index (Phi) is 3.88. The van der Waals surface area contributed by atoms with Crippen LogP contribution in [0.3, 0.4) is 0 Å². The predicted octanol–water partition coefficient (Wildman–Crippen LogP) is 3.94. The molecule has 2 nitrogen and oxygen atoms in total. The fraction of sp³-hybridized carbons (Fsp3) is 0.0769. The van der Waals surface area contributed by atoms with Gasteiger partial charge in [-0.2, -0.15) is 13.2 Å². The number of hydrogen-bond acceptors (Lipinski definition) is 2. The molecule has 0 saturated heterocycles. The molecule has 0 fully saturated rings. The van der Waals surface area contributed by atoms with E-state index in [1.54, 1.807) is 18.2 Å². The average molecular weight is 377 g/mol. The number of rotatable bonds is 2. The van der Waals surface area contributed by atoms with Gasteiger partial charge in [-0.3, -0.25) is 9.78 Å². The largest absolute Gasteiger partial charge is 0.417 e. The monoisotopic (exact) mass is 377 g/mol. The van der Waals surface area contributed by atoms with Crippen molar-refractivity contribution < 1.29 is 18.0 Å². The van der Waals surface area contributed by atoms with Gasteiger partial charge in [-0.1, -0.05) is 12.1 Å². The Balaban J connectivity index is 2.55. The Morgan fingerprint density at radius 2 is 1.79 bits per heavy atom. The first kappa shape index (κ1) is 14.0. The molecule has 1 aromatic carbocycles. The number of aromatic nitrogens is 1. The highest BCUT2D eigenvalue weighted by molar-refractivity contribution is 14.1. The Hall–Kier alpha value is -1.44. The maximum absolute atomic E-state index is 12.8. The van der Waals surface area contributed by atoms with Gasteiger partial charge >= 0.3 is 6.18 Å². The molecule has 0 aliphatic rings. The van der Waals surface area contributed by atoms with E-state index in [0.717, 1.165) is 18.5 Å². The van der Waals surface area contributed by atoms with Crippen LogP contribution in [0.1, 0.15) is 21.5 Å². The number of halogens is 4. The SMILES string of the molecule is O=C(c1ccccc1I)c1cnccc1C(F)(F)F. The molecule has 0 bridgehead atoms. The zero-order valence-corrected chi connectivity index (χ0v) is 11.6. The van der Waals surface area contributed by atoms with Crippen LogP contribution >= 0.6 is 22.6 Å². The summed E-state index contributed by atoms with van der Waals surface area (Å²) in [6, 6.07) is 7.29. The van der Waals surface area contributed by atoms with E-state index in [0.29, 0.717) is 3.57 Å². The number of carbonyl (C=O) groups excluding carboxylic acids is 1. The van der Waals surface area contributed by atoms with E-state index in [9.17, 15) is 18.0 Å². The standard InChI is InChI=1S/C13H7F3INO/c14-13(15,16)10-5-6-18-7-9(10)12(19)8-3-1-2-4-11(8)17/h1-7H. The second kappa shape index (κ2) is 5.28. The molecule has 2 rings (SSSR count). The lowest BCUT2D eigenvalue weighted by Crippen LogP contribution is -2.14. The van der Waals surface area contributed by atoms with Gasteiger partial charge in [-0.25, -0.2) is 0 Å². The van der Waals surface area contributed by atoms with Crippen LogP contribution in [-0.4, -0.2) is 10.8 Å². The van der Waals surface area contributed by atoms with Crippen molar-refractivity contribution >= 4 is 28.4 Å². The smallest absolute Gasteiger partial charge is 0.288 e. The fourth-order valence-electron chi connectivity index (χ4n) is 1.61. The van der Waals surface area contributed by atoms with Crippen molar-refractivity contribution in [2.75, 3.05) is 0 Å². The van der Waals surface area contributed by atoms with E-state index in [1.807, 2.05) is 22.6 Å². The summed E-state index contributed by atoms with van der Waals surface area (Å²) in [5.41, 5.74) is -1.16. The van der Waals surface area contributed by atoms with Gasteiger partial charge in [0.05, 0.1) is 11.1 Å². The van der Waals surface area contributed by atoms with E-state index in [-0.39, 0.29) is 5.56 Å². The molecule has 1 heterocycles. The molecule has 0 aliphatic heterocycles. The van der Waals surface area contributed by atoms with Gasteiger partial charge in [0.2, 0.25) is 0 Å². The topological polar surface area (TPSA) is 30.0 Å². The molecular formula is C13H7F3INO. The summed E-state index contributed by atoms with van der Waals surface area (Å²) in [7, 11) is 0. The first-order chi connectivity index (χ1) is 8.91. The van der Waals surface area contributed by atoms with Crippen LogP contribution in [0.2, 0.25) is 0 Å². The summed E-state index contributed by atoms with van der Waals surface area (Å²) >= 11 is 1.91. The van der Waals surface area contributed by atoms with Gasteiger partial charge < -0.3 is 0 Å². The van der Waals surface area contributed by atoms with Crippen LogP contribution < -0.4 is 0 Å². The minimum absolute atomic E-state index is 0.238. The van der Waals surface area contributed by atoms with Gasteiger partial charge in [0.1, 0.15) is 0 Å². The fourth-order valence-corrected chi connectivity index (χ4v) is 2.25. The lowest BCUT2D eigenvalue weighted by atomic mass is 10.0. The van der Waals surface area contributed by atoms with Crippen LogP contribution in [0.4, 0.5) is 13.2 Å². The lowest BCUT2D eigenvalue weighted by molar-refractivity contribution is -0.137. The van der Waals surface area contributed by atoms with Crippen LogP contribution in [0.25, 0.3) is 0 Å². The third-order valence-electron chi connectivity index (χ3n) is 2.49. The molecule has 0 radical (unpaired) electrons. The first-order valence-corrected chi connectivity index (χ1v) is 6.29. The molecule has 1 aromatic heterocycles. The Bertz CT molecular complexity index is 625. The van der Waals surface area contributed by atoms with Gasteiger partial charge in [-0.05, 0) is 40.8 Å². The van der Waals surface area contributed by atoms with Gasteiger partial charge in [0, 0.05) is 21.5 Å². The highest BCUT2D eigenvalue weighted by Gasteiger charge is 2.35. The predicted molar refractivity (Wildman–Crippen MR) is 71.8 cm³/mol. The van der Waals surface area contributed by atoms with E-state index >= 15 is 0 Å². The third-order valence-corrected chi connectivity index (χ3v) is 3.43. The summed E-state index contributed by atoms with van der Waals surface area (Å²) in [6.07, 6.45) is -2.60. The number of carbonyl (C=O) groups is 1. The van der Waals surface area contributed by atoms with Crippen molar-refractivity contribution in [3.63, 3.8) is 0 Å². The van der Waals surface area contributed by atoms with Crippen molar-refractivity contribution in [2.24, 2.45) is 0 Å². The first-order valence-electron chi connectivity index (χ1n) is 5.21. The summed E-state index contributed by atoms with van der Waals surface area (Å²) in [5.74, 6) is -0.676. The number of ketones is 1. The Morgan fingerprint density at radius 1 is 1.11 bits per heavy atom. The van der Waals surface area contributed by atoms with E-state index in [4.69, 9.17) is 0 Å². The molecule has 0 atom stereocenters. The number of hydrogen-bond donors (Lipinski definition) is 0. The number of alkyl halides is 3. The maximum Gasteiger partial charge on any atom is 0.417 e. The van der Waals surface area contributed by atoms with E-state index in [1.165, 1.54) is 6.07 Å². The summed E-state index contributed by atoms with van der Waals surface area (Å²) in [6.45, 7) is 0. The zero-order valence-electron chi connectivity index (χ0n) is 9.41. The molecule has 19 heavy (non-hydrogen) atoms. The molecule has 0 spiro atoms. The minimum atomic E-state index is -4.58. The summed E-state index contributed by atoms with van der Waals surface area (Å²) in [4.78, 5) is 15.8. The third kappa shape index (κ3) is 2.94. The van der Waals surface area contributed by atoms with Crippen molar-refractivity contribution in [3.05, 3.63) is 63.0 Å².